The van der Waals surface area contributed by atoms with Crippen molar-refractivity contribution in [1.82, 2.24) is 14.9 Å². The first-order valence-electron chi connectivity index (χ1n) is 8.70. The van der Waals surface area contributed by atoms with E-state index in [0.717, 1.165) is 12.1 Å². The lowest BCUT2D eigenvalue weighted by Crippen LogP contribution is -2.52. The van der Waals surface area contributed by atoms with Gasteiger partial charge < -0.3 is 9.80 Å². The minimum absolute atomic E-state index is 0.118. The number of anilines is 2. The second-order valence-electron chi connectivity index (χ2n) is 6.72. The Hall–Kier alpha value is -3.06. The molecular formula is C18H14ClF3N6O. The van der Waals surface area contributed by atoms with E-state index in [2.05, 4.69) is 9.97 Å². The molecule has 0 spiro atoms. The van der Waals surface area contributed by atoms with Gasteiger partial charge in [-0.2, -0.15) is 18.4 Å². The van der Waals surface area contributed by atoms with Gasteiger partial charge in [-0.1, -0.05) is 11.6 Å². The maximum Gasteiger partial charge on any atom is 0.417 e. The number of carbonyl (C=O) groups is 1. The number of rotatable bonds is 2. The van der Waals surface area contributed by atoms with Gasteiger partial charge in [-0.05, 0) is 18.2 Å². The fourth-order valence-electron chi connectivity index (χ4n) is 3.66. The summed E-state index contributed by atoms with van der Waals surface area (Å²) in [7, 11) is 0. The summed E-state index contributed by atoms with van der Waals surface area (Å²) in [5.74, 6) is 0.633. The molecule has 2 aliphatic heterocycles. The lowest BCUT2D eigenvalue weighted by atomic mass is 10.1. The van der Waals surface area contributed by atoms with Gasteiger partial charge in [0, 0.05) is 37.9 Å². The maximum absolute atomic E-state index is 13.3. The standard InChI is InChI=1S/C18H14ClF3N6O/c19-15-6-16(25-10-24-15)26-3-4-27-13(8-26)9-28(17(27)29)12-2-1-11(7-23)14(5-12)18(20,21)22/h1-2,5-6,10,13H,3-4,8-9H2/t13-/m1/s1. The number of fused-ring (bicyclic) bond motifs is 1. The number of amides is 2. The molecule has 0 saturated carbocycles. The number of piperazine rings is 1. The topological polar surface area (TPSA) is 76.4 Å². The summed E-state index contributed by atoms with van der Waals surface area (Å²) in [5.41, 5.74) is -1.41. The van der Waals surface area contributed by atoms with E-state index < -0.39 is 17.3 Å². The Kier molecular flexibility index (Phi) is 4.70. The van der Waals surface area contributed by atoms with Crippen LogP contribution in [0.3, 0.4) is 0 Å². The molecule has 0 bridgehead atoms. The zero-order valence-electron chi connectivity index (χ0n) is 14.9. The predicted molar refractivity (Wildman–Crippen MR) is 98.7 cm³/mol. The van der Waals surface area contributed by atoms with Crippen molar-refractivity contribution in [2.45, 2.75) is 12.2 Å². The Morgan fingerprint density at radius 2 is 1.97 bits per heavy atom. The number of hydrogen-bond acceptors (Lipinski definition) is 5. The molecule has 0 aliphatic carbocycles. The monoisotopic (exact) mass is 422 g/mol. The molecule has 1 aromatic heterocycles. The lowest BCUT2D eigenvalue weighted by Gasteiger charge is -2.36. The summed E-state index contributed by atoms with van der Waals surface area (Å²) in [4.78, 5) is 25.8. The molecule has 1 atom stereocenters. The van der Waals surface area contributed by atoms with Crippen LogP contribution in [-0.4, -0.2) is 53.1 Å². The number of hydrogen-bond donors (Lipinski definition) is 0. The van der Waals surface area contributed by atoms with Crippen LogP contribution in [0, 0.1) is 11.3 Å². The van der Waals surface area contributed by atoms with Gasteiger partial charge in [-0.15, -0.1) is 0 Å². The third kappa shape index (κ3) is 3.53. The third-order valence-corrected chi connectivity index (χ3v) is 5.24. The van der Waals surface area contributed by atoms with Crippen LogP contribution in [0.15, 0.2) is 30.6 Å². The second-order valence-corrected chi connectivity index (χ2v) is 7.11. The first-order valence-corrected chi connectivity index (χ1v) is 9.07. The van der Waals surface area contributed by atoms with Crippen LogP contribution < -0.4 is 9.80 Å². The number of nitrogens with zero attached hydrogens (tertiary/aromatic N) is 6. The minimum Gasteiger partial charge on any atom is -0.353 e. The zero-order chi connectivity index (χ0) is 20.8. The molecule has 2 aliphatic rings. The summed E-state index contributed by atoms with van der Waals surface area (Å²) < 4.78 is 39.8. The quantitative estimate of drug-likeness (QED) is 0.695. The third-order valence-electron chi connectivity index (χ3n) is 5.04. The van der Waals surface area contributed by atoms with Crippen LogP contribution in [0.25, 0.3) is 0 Å². The van der Waals surface area contributed by atoms with E-state index >= 15 is 0 Å². The highest BCUT2D eigenvalue weighted by Gasteiger charge is 2.42. The van der Waals surface area contributed by atoms with Crippen LogP contribution in [0.1, 0.15) is 11.1 Å². The van der Waals surface area contributed by atoms with Gasteiger partial charge in [0.1, 0.15) is 17.3 Å². The average molecular weight is 423 g/mol. The van der Waals surface area contributed by atoms with E-state index in [4.69, 9.17) is 16.9 Å². The molecule has 29 heavy (non-hydrogen) atoms. The molecule has 11 heteroatoms. The van der Waals surface area contributed by atoms with Gasteiger partial charge in [0.05, 0.1) is 23.2 Å². The Balaban J connectivity index is 1.58. The van der Waals surface area contributed by atoms with E-state index in [0.29, 0.717) is 30.6 Å². The molecule has 7 nitrogen and oxygen atoms in total. The van der Waals surface area contributed by atoms with E-state index in [9.17, 15) is 18.0 Å². The molecule has 2 amide bonds. The second kappa shape index (κ2) is 7.08. The molecule has 2 saturated heterocycles. The molecular weight excluding hydrogens is 409 g/mol. The van der Waals surface area contributed by atoms with Gasteiger partial charge in [0.15, 0.2) is 0 Å². The van der Waals surface area contributed by atoms with Crippen molar-refractivity contribution < 1.29 is 18.0 Å². The Bertz CT molecular complexity index is 1010. The molecule has 0 radical (unpaired) electrons. The summed E-state index contributed by atoms with van der Waals surface area (Å²) in [6.07, 6.45) is -3.33. The van der Waals surface area contributed by atoms with Gasteiger partial charge in [-0.25, -0.2) is 14.8 Å². The van der Waals surface area contributed by atoms with E-state index in [1.165, 1.54) is 17.3 Å². The fraction of sp³-hybridized carbons (Fsp3) is 0.333. The smallest absolute Gasteiger partial charge is 0.353 e. The van der Waals surface area contributed by atoms with Crippen molar-refractivity contribution in [1.29, 1.82) is 5.26 Å². The first kappa shape index (κ1) is 19.3. The van der Waals surface area contributed by atoms with Crippen LogP contribution in [0.5, 0.6) is 0 Å². The Morgan fingerprint density at radius 3 is 2.66 bits per heavy atom. The zero-order valence-corrected chi connectivity index (χ0v) is 15.7. The SMILES string of the molecule is N#Cc1ccc(N2C[C@H]3CN(c4cc(Cl)ncn4)CCN3C2=O)cc1C(F)(F)F. The highest BCUT2D eigenvalue weighted by atomic mass is 35.5. The van der Waals surface area contributed by atoms with Crippen molar-refractivity contribution >= 4 is 29.1 Å². The Labute approximate surface area is 168 Å². The normalized spacial score (nSPS) is 19.3. The first-order chi connectivity index (χ1) is 13.8. The molecule has 1 aromatic carbocycles. The van der Waals surface area contributed by atoms with Crippen molar-refractivity contribution in [2.75, 3.05) is 36.0 Å². The molecule has 150 valence electrons. The highest BCUT2D eigenvalue weighted by molar-refractivity contribution is 6.29. The molecule has 2 fully saturated rings. The number of carbonyl (C=O) groups excluding carboxylic acids is 1. The van der Waals surface area contributed by atoms with Crippen molar-refractivity contribution in [3.63, 3.8) is 0 Å². The number of nitriles is 1. The molecule has 4 rings (SSSR count). The van der Waals surface area contributed by atoms with E-state index in [1.807, 2.05) is 4.90 Å². The van der Waals surface area contributed by atoms with E-state index in [-0.39, 0.29) is 24.3 Å². The van der Waals surface area contributed by atoms with Crippen LogP contribution >= 0.6 is 11.6 Å². The summed E-state index contributed by atoms with van der Waals surface area (Å²) in [5, 5.41) is 9.26. The predicted octanol–water partition coefficient (Wildman–Crippen LogP) is 3.15. The molecule has 3 heterocycles. The summed E-state index contributed by atoms with van der Waals surface area (Å²) in [6, 6.07) is 5.93. The van der Waals surface area contributed by atoms with Gasteiger partial charge >= 0.3 is 12.2 Å². The Morgan fingerprint density at radius 1 is 1.17 bits per heavy atom. The highest BCUT2D eigenvalue weighted by Crippen LogP contribution is 2.36. The molecule has 2 aromatic rings. The van der Waals surface area contributed by atoms with Crippen molar-refractivity contribution in [3.05, 3.63) is 46.9 Å². The van der Waals surface area contributed by atoms with Crippen LogP contribution in [0.2, 0.25) is 5.15 Å². The van der Waals surface area contributed by atoms with Crippen LogP contribution in [-0.2, 0) is 6.18 Å². The number of alkyl halides is 3. The number of benzene rings is 1. The van der Waals surface area contributed by atoms with Gasteiger partial charge in [0.25, 0.3) is 0 Å². The van der Waals surface area contributed by atoms with Crippen LogP contribution in [0.4, 0.5) is 29.5 Å². The largest absolute Gasteiger partial charge is 0.417 e. The van der Waals surface area contributed by atoms with Gasteiger partial charge in [-0.3, -0.25) is 4.90 Å². The van der Waals surface area contributed by atoms with Crippen molar-refractivity contribution in [3.8, 4) is 6.07 Å². The maximum atomic E-state index is 13.3. The number of urea groups is 1. The fourth-order valence-corrected chi connectivity index (χ4v) is 3.80. The lowest BCUT2D eigenvalue weighted by molar-refractivity contribution is -0.137. The summed E-state index contributed by atoms with van der Waals surface area (Å²) >= 11 is 5.91. The molecule has 0 N–H and O–H groups in total. The van der Waals surface area contributed by atoms with Gasteiger partial charge in [0.2, 0.25) is 0 Å². The number of aromatic nitrogens is 2. The van der Waals surface area contributed by atoms with Crippen molar-refractivity contribution in [2.24, 2.45) is 0 Å². The van der Waals surface area contributed by atoms with E-state index in [1.54, 1.807) is 17.0 Å². The number of halogens is 4. The molecule has 0 unspecified atom stereocenters. The summed E-state index contributed by atoms with van der Waals surface area (Å²) in [6.45, 7) is 1.63. The minimum atomic E-state index is -4.68. The average Bonchev–Trinajstić information content (AvgIpc) is 3.03.